The van der Waals surface area contributed by atoms with Crippen molar-refractivity contribution in [3.05, 3.63) is 0 Å². The van der Waals surface area contributed by atoms with Crippen LogP contribution in [0.1, 0.15) is 20.3 Å². The first kappa shape index (κ1) is 13.4. The topological polar surface area (TPSA) is 136 Å². The Bertz CT molecular complexity index is 282. The smallest absolute Gasteiger partial charge is 0.326 e. The van der Waals surface area contributed by atoms with Crippen LogP contribution in [-0.4, -0.2) is 34.5 Å². The second-order valence-corrected chi connectivity index (χ2v) is 3.76. The lowest BCUT2D eigenvalue weighted by atomic mass is 10.1. The van der Waals surface area contributed by atoms with E-state index >= 15 is 0 Å². The molecule has 0 aliphatic heterocycles. The molecule has 6 N–H and O–H groups in total. The Balaban J connectivity index is 4.50. The predicted molar refractivity (Wildman–Crippen MR) is 51.6 cm³/mol. The average molecular weight is 217 g/mol. The summed E-state index contributed by atoms with van der Waals surface area (Å²) in [7, 11) is 0. The third-order valence-corrected chi connectivity index (χ3v) is 1.59. The van der Waals surface area contributed by atoms with Crippen LogP contribution < -0.4 is 16.8 Å². The third-order valence-electron chi connectivity index (χ3n) is 1.59. The molecule has 0 rings (SSSR count). The molecule has 0 aliphatic rings. The number of carboxylic acid groups (broad SMARTS) is 1. The summed E-state index contributed by atoms with van der Waals surface area (Å²) in [5.74, 6) is -2.79. The van der Waals surface area contributed by atoms with Crippen molar-refractivity contribution in [3.63, 3.8) is 0 Å². The van der Waals surface area contributed by atoms with Gasteiger partial charge in [-0.2, -0.15) is 0 Å². The molecule has 0 aromatic heterocycles. The van der Waals surface area contributed by atoms with Gasteiger partial charge in [-0.15, -0.1) is 0 Å². The largest absolute Gasteiger partial charge is 0.480 e. The van der Waals surface area contributed by atoms with Crippen LogP contribution in [0.4, 0.5) is 0 Å². The number of carbonyl (C=O) groups is 3. The van der Waals surface area contributed by atoms with Crippen molar-refractivity contribution in [2.75, 3.05) is 0 Å². The zero-order valence-electron chi connectivity index (χ0n) is 8.61. The fraction of sp³-hybridized carbons (Fsp3) is 0.625. The molecular formula is C8H15N3O4. The van der Waals surface area contributed by atoms with E-state index in [-0.39, 0.29) is 0 Å². The van der Waals surface area contributed by atoms with E-state index in [1.165, 1.54) is 13.8 Å². The van der Waals surface area contributed by atoms with Gasteiger partial charge in [0.05, 0.1) is 12.0 Å². The van der Waals surface area contributed by atoms with E-state index < -0.39 is 35.8 Å². The van der Waals surface area contributed by atoms with Gasteiger partial charge in [-0.1, -0.05) is 0 Å². The van der Waals surface area contributed by atoms with Crippen LogP contribution in [0.5, 0.6) is 0 Å². The maximum atomic E-state index is 11.3. The number of carbonyl (C=O) groups excluding carboxylic acids is 2. The van der Waals surface area contributed by atoms with Crippen LogP contribution in [0.25, 0.3) is 0 Å². The van der Waals surface area contributed by atoms with Crippen LogP contribution in [0.3, 0.4) is 0 Å². The van der Waals surface area contributed by atoms with Crippen LogP contribution in [0, 0.1) is 0 Å². The van der Waals surface area contributed by atoms with E-state index in [4.69, 9.17) is 16.6 Å². The van der Waals surface area contributed by atoms with E-state index in [2.05, 4.69) is 5.32 Å². The van der Waals surface area contributed by atoms with Gasteiger partial charge >= 0.3 is 5.97 Å². The molecule has 0 saturated carbocycles. The molecule has 0 bridgehead atoms. The van der Waals surface area contributed by atoms with E-state index in [0.717, 1.165) is 0 Å². The number of carboxylic acids is 1. The summed E-state index contributed by atoms with van der Waals surface area (Å²) in [4.78, 5) is 32.5. The van der Waals surface area contributed by atoms with Crippen LogP contribution >= 0.6 is 0 Å². The van der Waals surface area contributed by atoms with E-state index in [9.17, 15) is 14.4 Å². The minimum Gasteiger partial charge on any atom is -0.480 e. The normalized spacial score (nSPS) is 13.0. The highest BCUT2D eigenvalue weighted by Gasteiger charge is 2.28. The van der Waals surface area contributed by atoms with Crippen molar-refractivity contribution < 1.29 is 19.5 Å². The lowest BCUT2D eigenvalue weighted by Crippen LogP contribution is -2.54. The Morgan fingerprint density at radius 2 is 1.87 bits per heavy atom. The molecule has 7 heteroatoms. The Kier molecular flexibility index (Phi) is 4.22. The number of hydrogen-bond donors (Lipinski definition) is 4. The molecular weight excluding hydrogens is 202 g/mol. The van der Waals surface area contributed by atoms with Crippen molar-refractivity contribution in [2.24, 2.45) is 11.5 Å². The van der Waals surface area contributed by atoms with Gasteiger partial charge in [-0.3, -0.25) is 9.59 Å². The number of amides is 2. The van der Waals surface area contributed by atoms with Gasteiger partial charge in [-0.25, -0.2) is 4.79 Å². The van der Waals surface area contributed by atoms with Crippen molar-refractivity contribution in [3.8, 4) is 0 Å². The Labute approximate surface area is 86.8 Å². The molecule has 7 nitrogen and oxygen atoms in total. The zero-order valence-corrected chi connectivity index (χ0v) is 8.61. The average Bonchev–Trinajstić information content (AvgIpc) is 1.99. The van der Waals surface area contributed by atoms with E-state index in [1.807, 2.05) is 0 Å². The highest BCUT2D eigenvalue weighted by atomic mass is 16.4. The molecule has 0 aromatic carbocycles. The summed E-state index contributed by atoms with van der Waals surface area (Å²) >= 11 is 0. The maximum Gasteiger partial charge on any atom is 0.326 e. The number of aliphatic carboxylic acids is 1. The minimum atomic E-state index is -1.34. The Morgan fingerprint density at radius 1 is 1.40 bits per heavy atom. The van der Waals surface area contributed by atoms with Gasteiger partial charge < -0.3 is 21.9 Å². The third kappa shape index (κ3) is 4.96. The summed E-state index contributed by atoms with van der Waals surface area (Å²) in [6.07, 6.45) is -0.461. The first-order chi connectivity index (χ1) is 6.64. The monoisotopic (exact) mass is 217 g/mol. The molecule has 0 saturated heterocycles. The van der Waals surface area contributed by atoms with Crippen LogP contribution in [0.15, 0.2) is 0 Å². The number of primary amides is 1. The summed E-state index contributed by atoms with van der Waals surface area (Å²) in [6, 6.07) is -1.34. The molecule has 86 valence electrons. The summed E-state index contributed by atoms with van der Waals surface area (Å²) in [5.41, 5.74) is 9.07. The molecule has 1 atom stereocenters. The summed E-state index contributed by atoms with van der Waals surface area (Å²) in [5, 5.41) is 10.8. The van der Waals surface area contributed by atoms with Gasteiger partial charge in [0, 0.05) is 0 Å². The minimum absolute atomic E-state index is 0.461. The highest BCUT2D eigenvalue weighted by Crippen LogP contribution is 1.99. The van der Waals surface area contributed by atoms with Gasteiger partial charge in [0.2, 0.25) is 11.8 Å². The molecule has 0 aliphatic carbocycles. The predicted octanol–water partition coefficient (Wildman–Crippen LogP) is -1.83. The number of rotatable bonds is 5. The van der Waals surface area contributed by atoms with E-state index in [0.29, 0.717) is 0 Å². The second kappa shape index (κ2) is 4.74. The SMILES string of the molecule is CC(C)(N)C(=O)N[C@@H](CC(N)=O)C(=O)O. The van der Waals surface area contributed by atoms with Crippen molar-refractivity contribution >= 4 is 17.8 Å². The van der Waals surface area contributed by atoms with Gasteiger partial charge in [0.1, 0.15) is 6.04 Å². The number of nitrogens with one attached hydrogen (secondary N) is 1. The number of nitrogens with two attached hydrogens (primary N) is 2. The molecule has 15 heavy (non-hydrogen) atoms. The van der Waals surface area contributed by atoms with Crippen molar-refractivity contribution in [1.82, 2.24) is 5.32 Å². The molecule has 0 spiro atoms. The zero-order chi connectivity index (χ0) is 12.2. The first-order valence-corrected chi connectivity index (χ1v) is 4.25. The molecule has 0 fully saturated rings. The highest BCUT2D eigenvalue weighted by molar-refractivity contribution is 5.91. The Hall–Kier alpha value is -1.63. The fourth-order valence-corrected chi connectivity index (χ4v) is 0.746. The van der Waals surface area contributed by atoms with Crippen LogP contribution in [0.2, 0.25) is 0 Å². The summed E-state index contributed by atoms with van der Waals surface area (Å²) in [6.45, 7) is 2.84. The number of hydrogen-bond acceptors (Lipinski definition) is 4. The fourth-order valence-electron chi connectivity index (χ4n) is 0.746. The Morgan fingerprint density at radius 3 is 2.13 bits per heavy atom. The molecule has 0 radical (unpaired) electrons. The van der Waals surface area contributed by atoms with Crippen molar-refractivity contribution in [1.29, 1.82) is 0 Å². The van der Waals surface area contributed by atoms with Crippen LogP contribution in [-0.2, 0) is 14.4 Å². The van der Waals surface area contributed by atoms with E-state index in [1.54, 1.807) is 0 Å². The van der Waals surface area contributed by atoms with Gasteiger partial charge in [0.15, 0.2) is 0 Å². The lowest BCUT2D eigenvalue weighted by Gasteiger charge is -2.21. The molecule has 0 unspecified atom stereocenters. The van der Waals surface area contributed by atoms with Gasteiger partial charge in [0.25, 0.3) is 0 Å². The quantitative estimate of drug-likeness (QED) is 0.429. The first-order valence-electron chi connectivity index (χ1n) is 4.25. The summed E-state index contributed by atoms with van der Waals surface area (Å²) < 4.78 is 0. The van der Waals surface area contributed by atoms with Gasteiger partial charge in [-0.05, 0) is 13.8 Å². The standard InChI is InChI=1S/C8H15N3O4/c1-8(2,10)7(15)11-4(6(13)14)3-5(9)12/h4H,3,10H2,1-2H3,(H2,9,12)(H,11,15)(H,13,14)/t4-/m0/s1. The molecule has 0 aromatic rings. The molecule has 2 amide bonds. The lowest BCUT2D eigenvalue weighted by molar-refractivity contribution is -0.143. The maximum absolute atomic E-state index is 11.3. The molecule has 0 heterocycles. The van der Waals surface area contributed by atoms with Crippen molar-refractivity contribution in [2.45, 2.75) is 31.8 Å². The second-order valence-electron chi connectivity index (χ2n) is 3.76.